The van der Waals surface area contributed by atoms with Gasteiger partial charge in [0.1, 0.15) is 0 Å². The fourth-order valence-corrected chi connectivity index (χ4v) is 2.25. The standard InChI is InChI=1S/C14H22.C8H14.C2H6.C2H4/c1-6-12-8-7-11(2)13(9-12)10-14(3,4)5;1-5-8(4)6-7(2)3;2*1-2/h7-9H,6,10H2,1-5H3;5-6H,1-4H3;1-2H3;1-2H2/b;8-5-;;. The minimum absolute atomic E-state index is 0.386. The average molecular weight is 359 g/mol. The van der Waals surface area contributed by atoms with Crippen molar-refractivity contribution in [3.8, 4) is 0 Å². The molecule has 0 aliphatic heterocycles. The Morgan fingerprint density at radius 1 is 1.04 bits per heavy atom. The number of hydrogen-bond donors (Lipinski definition) is 0. The van der Waals surface area contributed by atoms with E-state index in [1.165, 1.54) is 34.3 Å². The monoisotopic (exact) mass is 358 g/mol. The van der Waals surface area contributed by atoms with Crippen LogP contribution in [0.25, 0.3) is 0 Å². The first-order chi connectivity index (χ1) is 12.1. The molecule has 0 bridgehead atoms. The van der Waals surface area contributed by atoms with E-state index in [1.807, 2.05) is 13.8 Å². The molecule has 0 aromatic heterocycles. The number of rotatable bonds is 3. The first kappa shape index (κ1) is 29.2. The molecule has 0 N–H and O–H groups in total. The first-order valence-electron chi connectivity index (χ1n) is 9.95. The third kappa shape index (κ3) is 17.3. The Morgan fingerprint density at radius 2 is 1.54 bits per heavy atom. The lowest BCUT2D eigenvalue weighted by Gasteiger charge is -2.20. The molecule has 1 aromatic rings. The molecule has 0 spiro atoms. The molecule has 0 atom stereocenters. The van der Waals surface area contributed by atoms with E-state index >= 15 is 0 Å². The molecule has 0 fully saturated rings. The van der Waals surface area contributed by atoms with Crippen molar-refractivity contribution in [2.45, 2.75) is 89.0 Å². The molecule has 0 radical (unpaired) electrons. The van der Waals surface area contributed by atoms with Crippen LogP contribution < -0.4 is 0 Å². The van der Waals surface area contributed by atoms with Gasteiger partial charge in [-0.1, -0.05) is 83.0 Å². The highest BCUT2D eigenvalue weighted by atomic mass is 14.2. The number of hydrogen-bond acceptors (Lipinski definition) is 0. The van der Waals surface area contributed by atoms with Crippen molar-refractivity contribution in [1.29, 1.82) is 0 Å². The number of aryl methyl sites for hydroxylation is 2. The Balaban J connectivity index is -0.000000377. The van der Waals surface area contributed by atoms with E-state index in [-0.39, 0.29) is 0 Å². The minimum atomic E-state index is 0.386. The molecule has 26 heavy (non-hydrogen) atoms. The Morgan fingerprint density at radius 3 is 1.85 bits per heavy atom. The molecular formula is C26H46. The molecule has 0 aliphatic carbocycles. The fraction of sp³-hybridized carbons (Fsp3) is 0.538. The summed E-state index contributed by atoms with van der Waals surface area (Å²) in [4.78, 5) is 0. The van der Waals surface area contributed by atoms with Crippen LogP contribution in [0.15, 0.2) is 54.7 Å². The lowest BCUT2D eigenvalue weighted by molar-refractivity contribution is 0.410. The number of allylic oxidation sites excluding steroid dienone is 4. The van der Waals surface area contributed by atoms with Gasteiger partial charge in [-0.2, -0.15) is 0 Å². The zero-order valence-corrected chi connectivity index (χ0v) is 19.7. The van der Waals surface area contributed by atoms with Crippen molar-refractivity contribution in [1.82, 2.24) is 0 Å². The van der Waals surface area contributed by atoms with Crippen LogP contribution in [0.2, 0.25) is 0 Å². The van der Waals surface area contributed by atoms with Gasteiger partial charge in [0.2, 0.25) is 0 Å². The molecular weight excluding hydrogens is 312 g/mol. The van der Waals surface area contributed by atoms with Crippen LogP contribution in [-0.2, 0) is 12.8 Å². The van der Waals surface area contributed by atoms with Crippen LogP contribution in [0.4, 0.5) is 0 Å². The normalized spacial score (nSPS) is 10.2. The van der Waals surface area contributed by atoms with E-state index in [0.29, 0.717) is 5.41 Å². The largest absolute Gasteiger partial charge is 0.106 e. The van der Waals surface area contributed by atoms with E-state index < -0.39 is 0 Å². The Labute approximate surface area is 166 Å². The van der Waals surface area contributed by atoms with Crippen LogP contribution in [0.1, 0.15) is 85.9 Å². The van der Waals surface area contributed by atoms with Crippen molar-refractivity contribution in [3.05, 3.63) is 71.3 Å². The van der Waals surface area contributed by atoms with E-state index in [1.54, 1.807) is 0 Å². The molecule has 1 rings (SSSR count). The van der Waals surface area contributed by atoms with Crippen LogP contribution in [-0.4, -0.2) is 0 Å². The summed E-state index contributed by atoms with van der Waals surface area (Å²) in [6.07, 6.45) is 6.58. The predicted octanol–water partition coefficient (Wildman–Crippen LogP) is 8.89. The Hall–Kier alpha value is -1.56. The van der Waals surface area contributed by atoms with Gasteiger partial charge in [-0.3, -0.25) is 0 Å². The second kappa shape index (κ2) is 16.9. The second-order valence-corrected chi connectivity index (χ2v) is 7.61. The van der Waals surface area contributed by atoms with Crippen LogP contribution >= 0.6 is 0 Å². The number of benzene rings is 1. The van der Waals surface area contributed by atoms with Crippen LogP contribution in [0.5, 0.6) is 0 Å². The van der Waals surface area contributed by atoms with Crippen LogP contribution in [0.3, 0.4) is 0 Å². The van der Waals surface area contributed by atoms with Gasteiger partial charge in [0.05, 0.1) is 0 Å². The highest BCUT2D eigenvalue weighted by Gasteiger charge is 2.12. The third-order valence-electron chi connectivity index (χ3n) is 3.51. The third-order valence-corrected chi connectivity index (χ3v) is 3.51. The summed E-state index contributed by atoms with van der Waals surface area (Å²) in [5.74, 6) is 0. The fourth-order valence-electron chi connectivity index (χ4n) is 2.25. The van der Waals surface area contributed by atoms with Crippen LogP contribution in [0, 0.1) is 12.3 Å². The Kier molecular flexibility index (Phi) is 19.0. The molecule has 0 heteroatoms. The summed E-state index contributed by atoms with van der Waals surface area (Å²) >= 11 is 0. The summed E-state index contributed by atoms with van der Waals surface area (Å²) < 4.78 is 0. The van der Waals surface area contributed by atoms with Gasteiger partial charge in [0.25, 0.3) is 0 Å². The second-order valence-electron chi connectivity index (χ2n) is 7.61. The zero-order valence-electron chi connectivity index (χ0n) is 19.7. The highest BCUT2D eigenvalue weighted by Crippen LogP contribution is 2.23. The van der Waals surface area contributed by atoms with Gasteiger partial charge < -0.3 is 0 Å². The maximum atomic E-state index is 3.00. The summed E-state index contributed by atoms with van der Waals surface area (Å²) in [5.41, 5.74) is 7.48. The summed E-state index contributed by atoms with van der Waals surface area (Å²) in [5, 5.41) is 0. The van der Waals surface area contributed by atoms with Crippen molar-refractivity contribution in [3.63, 3.8) is 0 Å². The molecule has 1 aromatic carbocycles. The first-order valence-corrected chi connectivity index (χ1v) is 9.95. The van der Waals surface area contributed by atoms with E-state index in [2.05, 4.69) is 106 Å². The van der Waals surface area contributed by atoms with Gasteiger partial charge in [0.15, 0.2) is 0 Å². The van der Waals surface area contributed by atoms with Gasteiger partial charge >= 0.3 is 0 Å². The maximum Gasteiger partial charge on any atom is -0.0227 e. The molecule has 0 saturated carbocycles. The molecule has 0 unspecified atom stereocenters. The highest BCUT2D eigenvalue weighted by molar-refractivity contribution is 5.31. The maximum absolute atomic E-state index is 3.00. The summed E-state index contributed by atoms with van der Waals surface area (Å²) in [6, 6.07) is 6.85. The van der Waals surface area contributed by atoms with E-state index in [4.69, 9.17) is 0 Å². The lowest BCUT2D eigenvalue weighted by atomic mass is 9.86. The van der Waals surface area contributed by atoms with Crippen molar-refractivity contribution >= 4 is 0 Å². The topological polar surface area (TPSA) is 0 Å². The van der Waals surface area contributed by atoms with Crippen molar-refractivity contribution in [2.75, 3.05) is 0 Å². The van der Waals surface area contributed by atoms with Gasteiger partial charge in [0, 0.05) is 0 Å². The van der Waals surface area contributed by atoms with E-state index in [9.17, 15) is 0 Å². The lowest BCUT2D eigenvalue weighted by Crippen LogP contribution is -2.10. The van der Waals surface area contributed by atoms with Gasteiger partial charge in [-0.15, -0.1) is 13.2 Å². The minimum Gasteiger partial charge on any atom is -0.106 e. The van der Waals surface area contributed by atoms with Gasteiger partial charge in [-0.25, -0.2) is 0 Å². The molecule has 150 valence electrons. The quantitative estimate of drug-likeness (QED) is 0.374. The van der Waals surface area contributed by atoms with E-state index in [0.717, 1.165) is 6.42 Å². The van der Waals surface area contributed by atoms with Crippen molar-refractivity contribution in [2.24, 2.45) is 5.41 Å². The van der Waals surface area contributed by atoms with Crippen molar-refractivity contribution < 1.29 is 0 Å². The predicted molar refractivity (Wildman–Crippen MR) is 125 cm³/mol. The molecule has 0 nitrogen and oxygen atoms in total. The summed E-state index contributed by atoms with van der Waals surface area (Å²) in [7, 11) is 0. The average Bonchev–Trinajstić information content (AvgIpc) is 2.59. The van der Waals surface area contributed by atoms with Gasteiger partial charge in [-0.05, 0) is 69.6 Å². The smallest absolute Gasteiger partial charge is 0.0227 e. The molecule has 0 heterocycles. The Bertz CT molecular complexity index is 517. The molecule has 0 aliphatic rings. The summed E-state index contributed by atoms with van der Waals surface area (Å²) in [6.45, 7) is 29.7. The SMILES string of the molecule is C/C=C(/C)C=C(C)C.C=C.CC.CCc1ccc(C)c(CC(C)(C)C)c1. The molecule has 0 amide bonds. The molecule has 0 saturated heterocycles. The zero-order chi connectivity index (χ0) is 21.3.